The number of amides is 1. The van der Waals surface area contributed by atoms with E-state index in [0.29, 0.717) is 17.2 Å². The Kier molecular flexibility index (Phi) is 5.07. The number of phenols is 2. The van der Waals surface area contributed by atoms with E-state index in [4.69, 9.17) is 0 Å². The lowest BCUT2D eigenvalue weighted by atomic mass is 10.0. The maximum atomic E-state index is 13.8. The normalized spacial score (nSPS) is 11.2. The van der Waals surface area contributed by atoms with Crippen molar-refractivity contribution in [3.05, 3.63) is 54.3 Å². The van der Waals surface area contributed by atoms with Gasteiger partial charge >= 0.3 is 0 Å². The second-order valence-corrected chi connectivity index (χ2v) is 5.99. The molecule has 0 aliphatic rings. The van der Waals surface area contributed by atoms with Crippen molar-refractivity contribution in [2.24, 2.45) is 4.99 Å². The number of aromatic hydroxyl groups is 2. The highest BCUT2D eigenvalue weighted by Crippen LogP contribution is 2.51. The van der Waals surface area contributed by atoms with E-state index in [1.165, 1.54) is 25.1 Å². The Balaban J connectivity index is 2.41. The summed E-state index contributed by atoms with van der Waals surface area (Å²) in [5.74, 6) is -1.36. The van der Waals surface area contributed by atoms with Gasteiger partial charge in [-0.1, -0.05) is 37.3 Å². The molecule has 3 rings (SSSR count). The van der Waals surface area contributed by atoms with Crippen LogP contribution in [0.2, 0.25) is 0 Å². The highest BCUT2D eigenvalue weighted by Gasteiger charge is 2.27. The number of nitrogens with zero attached hydrogens (tertiary/aromatic N) is 2. The van der Waals surface area contributed by atoms with Crippen molar-refractivity contribution in [3.63, 3.8) is 0 Å². The zero-order valence-electron chi connectivity index (χ0n) is 15.0. The minimum Gasteiger partial charge on any atom is -0.505 e. The van der Waals surface area contributed by atoms with E-state index in [2.05, 4.69) is 4.99 Å². The van der Waals surface area contributed by atoms with Crippen molar-refractivity contribution in [1.29, 1.82) is 0 Å². The third kappa shape index (κ3) is 3.33. The van der Waals surface area contributed by atoms with Crippen LogP contribution in [-0.4, -0.2) is 22.3 Å². The van der Waals surface area contributed by atoms with Gasteiger partial charge in [0.25, 0.3) is 0 Å². The maximum absolute atomic E-state index is 13.8. The topological polar surface area (TPSA) is 73.1 Å². The van der Waals surface area contributed by atoms with Crippen molar-refractivity contribution in [2.45, 2.75) is 20.3 Å². The summed E-state index contributed by atoms with van der Waals surface area (Å²) >= 11 is 0. The molecule has 0 saturated carbocycles. The van der Waals surface area contributed by atoms with Crippen LogP contribution < -0.4 is 4.90 Å². The van der Waals surface area contributed by atoms with Gasteiger partial charge in [-0.05, 0) is 24.6 Å². The smallest absolute Gasteiger partial charge is 0.228 e. The molecule has 5 nitrogen and oxygen atoms in total. The highest BCUT2D eigenvalue weighted by atomic mass is 19.1. The van der Waals surface area contributed by atoms with E-state index in [1.807, 2.05) is 6.92 Å². The molecule has 0 unspecified atom stereocenters. The van der Waals surface area contributed by atoms with E-state index in [-0.39, 0.29) is 28.6 Å². The Morgan fingerprint density at radius 1 is 1.11 bits per heavy atom. The lowest BCUT2D eigenvalue weighted by Gasteiger charge is -2.25. The number of carbonyl (C=O) groups is 1. The summed E-state index contributed by atoms with van der Waals surface area (Å²) in [5.41, 5.74) is 0.280. The van der Waals surface area contributed by atoms with Gasteiger partial charge in [0.05, 0.1) is 5.69 Å². The van der Waals surface area contributed by atoms with E-state index < -0.39 is 11.7 Å². The number of benzene rings is 3. The molecule has 2 N–H and O–H groups in total. The third-order valence-corrected chi connectivity index (χ3v) is 4.12. The molecule has 0 atom stereocenters. The minimum absolute atomic E-state index is 0.00833. The van der Waals surface area contributed by atoms with Gasteiger partial charge in [0.15, 0.2) is 5.75 Å². The van der Waals surface area contributed by atoms with Crippen LogP contribution in [-0.2, 0) is 4.79 Å². The Morgan fingerprint density at radius 3 is 2.37 bits per heavy atom. The van der Waals surface area contributed by atoms with Crippen LogP contribution in [0.25, 0.3) is 10.8 Å². The second kappa shape index (κ2) is 7.45. The van der Waals surface area contributed by atoms with Crippen LogP contribution in [0.3, 0.4) is 0 Å². The Labute approximate surface area is 156 Å². The average molecular weight is 366 g/mol. The standard InChI is InChI=1S/C21H19FN2O3/c1-3-11-23-18-19(21(27)17-10-5-4-9-16(17)20(18)26)24(13(2)25)15-8-6-7-14(22)12-15/h4-12,26-27H,3H2,1-2H3. The van der Waals surface area contributed by atoms with E-state index in [1.54, 1.807) is 36.5 Å². The largest absolute Gasteiger partial charge is 0.505 e. The molecular weight excluding hydrogens is 347 g/mol. The van der Waals surface area contributed by atoms with Gasteiger partial charge in [-0.25, -0.2) is 4.39 Å². The number of phenolic OH excluding ortho intramolecular Hbond substituents is 2. The van der Waals surface area contributed by atoms with Gasteiger partial charge in [-0.2, -0.15) is 0 Å². The molecule has 0 fully saturated rings. The van der Waals surface area contributed by atoms with Crippen LogP contribution >= 0.6 is 0 Å². The first-order chi connectivity index (χ1) is 13.0. The van der Waals surface area contributed by atoms with Gasteiger partial charge < -0.3 is 10.2 Å². The summed E-state index contributed by atoms with van der Waals surface area (Å²) in [6, 6.07) is 12.2. The molecule has 6 heteroatoms. The third-order valence-electron chi connectivity index (χ3n) is 4.12. The van der Waals surface area contributed by atoms with Crippen LogP contribution in [0, 0.1) is 5.82 Å². The van der Waals surface area contributed by atoms with Crippen molar-refractivity contribution in [3.8, 4) is 11.5 Å². The molecule has 27 heavy (non-hydrogen) atoms. The molecule has 0 bridgehead atoms. The number of hydrogen-bond acceptors (Lipinski definition) is 4. The van der Waals surface area contributed by atoms with E-state index >= 15 is 0 Å². The first-order valence-electron chi connectivity index (χ1n) is 8.51. The number of aliphatic imine (C=N–C) groups is 1. The molecule has 138 valence electrons. The molecule has 0 spiro atoms. The number of anilines is 2. The van der Waals surface area contributed by atoms with Crippen molar-refractivity contribution < 1.29 is 19.4 Å². The molecule has 0 heterocycles. The number of carbonyl (C=O) groups excluding carboxylic acids is 1. The molecule has 0 aromatic heterocycles. The molecule has 3 aromatic carbocycles. The number of fused-ring (bicyclic) bond motifs is 1. The van der Waals surface area contributed by atoms with Crippen LogP contribution in [0.4, 0.5) is 21.5 Å². The maximum Gasteiger partial charge on any atom is 0.228 e. The SMILES string of the molecule is CCC=Nc1c(N(C(C)=O)c2cccc(F)c2)c(O)c2ccccc2c1O. The summed E-state index contributed by atoms with van der Waals surface area (Å²) in [5, 5.41) is 22.5. The number of halogens is 1. The fraction of sp³-hybridized carbons (Fsp3) is 0.143. The quantitative estimate of drug-likeness (QED) is 0.493. The number of hydrogen-bond donors (Lipinski definition) is 2. The zero-order chi connectivity index (χ0) is 19.6. The molecule has 0 saturated heterocycles. The predicted octanol–water partition coefficient (Wildman–Crippen LogP) is 5.19. The lowest BCUT2D eigenvalue weighted by Crippen LogP contribution is -2.23. The average Bonchev–Trinajstić information content (AvgIpc) is 2.65. The van der Waals surface area contributed by atoms with Gasteiger partial charge in [-0.3, -0.25) is 14.7 Å². The molecule has 1 amide bonds. The van der Waals surface area contributed by atoms with Gasteiger partial charge in [0.1, 0.15) is 22.9 Å². The summed E-state index contributed by atoms with van der Waals surface area (Å²) < 4.78 is 13.8. The van der Waals surface area contributed by atoms with E-state index in [0.717, 1.165) is 4.90 Å². The van der Waals surface area contributed by atoms with Crippen LogP contribution in [0.15, 0.2) is 53.5 Å². The van der Waals surface area contributed by atoms with Crippen LogP contribution in [0.5, 0.6) is 11.5 Å². The fourth-order valence-electron chi connectivity index (χ4n) is 2.98. The fourth-order valence-corrected chi connectivity index (χ4v) is 2.98. The van der Waals surface area contributed by atoms with Gasteiger partial charge in [0, 0.05) is 23.9 Å². The first kappa shape index (κ1) is 18.4. The zero-order valence-corrected chi connectivity index (χ0v) is 15.0. The Bertz CT molecular complexity index is 1050. The van der Waals surface area contributed by atoms with Crippen molar-refractivity contribution in [1.82, 2.24) is 0 Å². The lowest BCUT2D eigenvalue weighted by molar-refractivity contribution is -0.115. The van der Waals surface area contributed by atoms with Gasteiger partial charge in [0.2, 0.25) is 5.91 Å². The minimum atomic E-state index is -0.526. The summed E-state index contributed by atoms with van der Waals surface area (Å²) in [6.45, 7) is 3.17. The predicted molar refractivity (Wildman–Crippen MR) is 105 cm³/mol. The van der Waals surface area contributed by atoms with E-state index in [9.17, 15) is 19.4 Å². The second-order valence-electron chi connectivity index (χ2n) is 5.99. The molecule has 0 radical (unpaired) electrons. The van der Waals surface area contributed by atoms with Gasteiger partial charge in [-0.15, -0.1) is 0 Å². The van der Waals surface area contributed by atoms with Crippen molar-refractivity contribution >= 4 is 40.0 Å². The van der Waals surface area contributed by atoms with Crippen LogP contribution in [0.1, 0.15) is 20.3 Å². The molecule has 3 aromatic rings. The summed E-state index contributed by atoms with van der Waals surface area (Å²) in [7, 11) is 0. The van der Waals surface area contributed by atoms with Crippen molar-refractivity contribution in [2.75, 3.05) is 4.90 Å². The number of rotatable bonds is 4. The molecular formula is C21H19FN2O3. The Hall–Kier alpha value is -3.41. The summed E-state index contributed by atoms with van der Waals surface area (Å²) in [4.78, 5) is 17.9. The Morgan fingerprint density at radius 2 is 1.78 bits per heavy atom. The monoisotopic (exact) mass is 366 g/mol. The summed E-state index contributed by atoms with van der Waals surface area (Å²) in [6.07, 6.45) is 2.16. The highest BCUT2D eigenvalue weighted by molar-refractivity contribution is 6.12. The first-order valence-corrected chi connectivity index (χ1v) is 8.51. The molecule has 0 aliphatic heterocycles. The molecule has 0 aliphatic carbocycles.